The standard InChI is InChI=1S/C58H109NO5/c1-3-5-7-9-11-13-15-17-19-21-22-23-24-25-26-27-28-29-30-31-32-33-34-35-36-38-40-42-44-46-48-50-52-56(62)58(64)59-54(53-60)57(63)55(61)51-49-47-45-43-41-39-37-20-18-16-14-12-10-8-6-4-2/h12,14,20,25-26,37,43,45,54-57,60-63H,3-11,13,15-19,21-24,27-36,38-42,44,46-53H2,1-2H3,(H,59,64)/b14-12+,26-25-,37-20+,45-43+. The van der Waals surface area contributed by atoms with Crippen molar-refractivity contribution in [1.82, 2.24) is 5.32 Å². The molecule has 6 heteroatoms. The van der Waals surface area contributed by atoms with Crippen molar-refractivity contribution >= 4 is 5.91 Å². The van der Waals surface area contributed by atoms with E-state index in [9.17, 15) is 25.2 Å². The largest absolute Gasteiger partial charge is 0.394 e. The molecule has 64 heavy (non-hydrogen) atoms. The van der Waals surface area contributed by atoms with Crippen molar-refractivity contribution in [2.24, 2.45) is 0 Å². The van der Waals surface area contributed by atoms with Crippen molar-refractivity contribution in [1.29, 1.82) is 0 Å². The van der Waals surface area contributed by atoms with Gasteiger partial charge in [-0.05, 0) is 89.9 Å². The van der Waals surface area contributed by atoms with Crippen molar-refractivity contribution < 1.29 is 25.2 Å². The van der Waals surface area contributed by atoms with Gasteiger partial charge in [-0.15, -0.1) is 0 Å². The third kappa shape index (κ3) is 45.4. The topological polar surface area (TPSA) is 110 Å². The van der Waals surface area contributed by atoms with E-state index >= 15 is 0 Å². The van der Waals surface area contributed by atoms with Crippen molar-refractivity contribution in [3.05, 3.63) is 48.6 Å². The Morgan fingerprint density at radius 2 is 0.656 bits per heavy atom. The smallest absolute Gasteiger partial charge is 0.249 e. The lowest BCUT2D eigenvalue weighted by Gasteiger charge is -2.27. The molecule has 4 atom stereocenters. The van der Waals surface area contributed by atoms with E-state index in [1.54, 1.807) is 0 Å². The van der Waals surface area contributed by atoms with Crippen molar-refractivity contribution in [3.8, 4) is 0 Å². The summed E-state index contributed by atoms with van der Waals surface area (Å²) in [5, 5.41) is 43.8. The number of nitrogens with one attached hydrogen (secondary N) is 1. The Morgan fingerprint density at radius 1 is 0.375 bits per heavy atom. The van der Waals surface area contributed by atoms with Crippen LogP contribution in [-0.2, 0) is 4.79 Å². The number of aliphatic hydroxyl groups is 4. The summed E-state index contributed by atoms with van der Waals surface area (Å²) in [6.45, 7) is 4.03. The second-order valence-electron chi connectivity index (χ2n) is 19.3. The van der Waals surface area contributed by atoms with Gasteiger partial charge in [-0.3, -0.25) is 4.79 Å². The number of allylic oxidation sites excluding steroid dienone is 8. The predicted octanol–water partition coefficient (Wildman–Crippen LogP) is 16.2. The van der Waals surface area contributed by atoms with Crippen molar-refractivity contribution in [2.75, 3.05) is 6.61 Å². The van der Waals surface area contributed by atoms with Gasteiger partial charge in [-0.25, -0.2) is 0 Å². The lowest BCUT2D eigenvalue weighted by molar-refractivity contribution is -0.132. The number of amides is 1. The van der Waals surface area contributed by atoms with E-state index in [0.717, 1.165) is 51.4 Å². The Labute approximate surface area is 398 Å². The molecule has 0 aromatic rings. The molecular weight excluding hydrogens is 791 g/mol. The molecule has 0 aromatic heterocycles. The fourth-order valence-electron chi connectivity index (χ4n) is 8.55. The number of rotatable bonds is 51. The van der Waals surface area contributed by atoms with Crippen molar-refractivity contribution in [3.63, 3.8) is 0 Å². The van der Waals surface area contributed by atoms with Crippen LogP contribution in [0.5, 0.6) is 0 Å². The number of hydrogen-bond donors (Lipinski definition) is 5. The molecule has 4 unspecified atom stereocenters. The molecule has 0 aliphatic rings. The second-order valence-corrected chi connectivity index (χ2v) is 19.3. The van der Waals surface area contributed by atoms with Crippen LogP contribution in [0.3, 0.4) is 0 Å². The minimum absolute atomic E-state index is 0.359. The summed E-state index contributed by atoms with van der Waals surface area (Å²) in [5.74, 6) is -0.598. The van der Waals surface area contributed by atoms with Crippen LogP contribution >= 0.6 is 0 Å². The lowest BCUT2D eigenvalue weighted by Crippen LogP contribution is -2.53. The molecule has 0 radical (unpaired) electrons. The highest BCUT2D eigenvalue weighted by atomic mass is 16.3. The Kier molecular flexibility index (Phi) is 50.8. The highest BCUT2D eigenvalue weighted by Crippen LogP contribution is 2.17. The first-order valence-electron chi connectivity index (χ1n) is 28.0. The van der Waals surface area contributed by atoms with E-state index < -0.39 is 36.9 Å². The van der Waals surface area contributed by atoms with Gasteiger partial charge >= 0.3 is 0 Å². The van der Waals surface area contributed by atoms with Crippen LogP contribution in [0.1, 0.15) is 284 Å². The minimum atomic E-state index is -1.29. The van der Waals surface area contributed by atoms with Gasteiger partial charge in [0.25, 0.3) is 0 Å². The Bertz CT molecular complexity index is 1060. The summed E-state index contributed by atoms with van der Waals surface area (Å²) in [6.07, 6.45) is 66.2. The van der Waals surface area contributed by atoms with Gasteiger partial charge in [0.2, 0.25) is 5.91 Å². The molecule has 0 heterocycles. The van der Waals surface area contributed by atoms with Gasteiger partial charge in [0.05, 0.1) is 18.8 Å². The van der Waals surface area contributed by atoms with Gasteiger partial charge in [0.15, 0.2) is 0 Å². The van der Waals surface area contributed by atoms with E-state index in [0.29, 0.717) is 19.3 Å². The Hall–Kier alpha value is -1.73. The first-order chi connectivity index (χ1) is 31.5. The zero-order valence-corrected chi connectivity index (χ0v) is 42.5. The monoisotopic (exact) mass is 900 g/mol. The molecule has 0 bridgehead atoms. The fraction of sp³-hybridized carbons (Fsp3) is 0.845. The lowest BCUT2D eigenvalue weighted by atomic mass is 10.00. The average molecular weight is 901 g/mol. The van der Waals surface area contributed by atoms with Crippen LogP contribution in [0.15, 0.2) is 48.6 Å². The molecule has 0 fully saturated rings. The van der Waals surface area contributed by atoms with Gasteiger partial charge in [0, 0.05) is 0 Å². The van der Waals surface area contributed by atoms with E-state index in [1.807, 2.05) is 0 Å². The maximum atomic E-state index is 12.6. The van der Waals surface area contributed by atoms with Crippen LogP contribution in [-0.4, -0.2) is 57.3 Å². The van der Waals surface area contributed by atoms with Crippen LogP contribution in [0, 0.1) is 0 Å². The highest BCUT2D eigenvalue weighted by molar-refractivity contribution is 5.80. The molecule has 5 N–H and O–H groups in total. The SMILES string of the molecule is CCCCC/C=C/CC/C=C/CC/C=C/CCCC(O)C(O)C(CO)NC(=O)C(O)CCCCCCCCCCCCCCCCCC/C=C\CCCCCCCCCCCCCC. The first-order valence-corrected chi connectivity index (χ1v) is 28.0. The number of carbonyl (C=O) groups excluding carboxylic acids is 1. The molecular formula is C58H109NO5. The minimum Gasteiger partial charge on any atom is -0.394 e. The van der Waals surface area contributed by atoms with Gasteiger partial charge in [-0.2, -0.15) is 0 Å². The van der Waals surface area contributed by atoms with Crippen LogP contribution in [0.2, 0.25) is 0 Å². The van der Waals surface area contributed by atoms with E-state index in [1.165, 1.54) is 199 Å². The molecule has 0 saturated carbocycles. The quantitative estimate of drug-likeness (QED) is 0.0309. The van der Waals surface area contributed by atoms with Crippen LogP contribution in [0.25, 0.3) is 0 Å². The first kappa shape index (κ1) is 62.3. The third-order valence-electron chi connectivity index (χ3n) is 13.0. The Morgan fingerprint density at radius 3 is 1.02 bits per heavy atom. The summed E-state index contributed by atoms with van der Waals surface area (Å²) in [5.41, 5.74) is 0. The maximum Gasteiger partial charge on any atom is 0.249 e. The molecule has 6 nitrogen and oxygen atoms in total. The van der Waals surface area contributed by atoms with Gasteiger partial charge < -0.3 is 25.7 Å². The number of carbonyl (C=O) groups is 1. The van der Waals surface area contributed by atoms with Gasteiger partial charge in [-0.1, -0.05) is 242 Å². The Balaban J connectivity index is 3.62. The van der Waals surface area contributed by atoms with E-state index in [4.69, 9.17) is 0 Å². The summed E-state index contributed by atoms with van der Waals surface area (Å²) in [7, 11) is 0. The van der Waals surface area contributed by atoms with E-state index in [-0.39, 0.29) is 0 Å². The van der Waals surface area contributed by atoms with Gasteiger partial charge in [0.1, 0.15) is 12.2 Å². The molecule has 0 aliphatic carbocycles. The third-order valence-corrected chi connectivity index (χ3v) is 13.0. The number of unbranched alkanes of at least 4 members (excludes halogenated alkanes) is 34. The van der Waals surface area contributed by atoms with Crippen LogP contribution in [0.4, 0.5) is 0 Å². The normalized spacial score (nSPS) is 14.2. The van der Waals surface area contributed by atoms with Crippen molar-refractivity contribution in [2.45, 2.75) is 308 Å². The molecule has 0 saturated heterocycles. The second kappa shape index (κ2) is 52.2. The summed E-state index contributed by atoms with van der Waals surface area (Å²) in [4.78, 5) is 12.6. The summed E-state index contributed by atoms with van der Waals surface area (Å²) < 4.78 is 0. The maximum absolute atomic E-state index is 12.6. The highest BCUT2D eigenvalue weighted by Gasteiger charge is 2.28. The fourth-order valence-corrected chi connectivity index (χ4v) is 8.55. The molecule has 0 rings (SSSR count). The zero-order chi connectivity index (χ0) is 46.7. The number of hydrogen-bond acceptors (Lipinski definition) is 5. The summed E-state index contributed by atoms with van der Waals surface area (Å²) in [6, 6.07) is -1.01. The molecule has 376 valence electrons. The molecule has 0 aromatic carbocycles. The predicted molar refractivity (Wildman–Crippen MR) is 279 cm³/mol. The van der Waals surface area contributed by atoms with E-state index in [2.05, 4.69) is 67.8 Å². The van der Waals surface area contributed by atoms with Crippen LogP contribution < -0.4 is 5.32 Å². The molecule has 1 amide bonds. The average Bonchev–Trinajstić information content (AvgIpc) is 3.30. The zero-order valence-electron chi connectivity index (χ0n) is 42.5. The molecule has 0 spiro atoms. The number of aliphatic hydroxyl groups excluding tert-OH is 4. The molecule has 0 aliphatic heterocycles. The summed E-state index contributed by atoms with van der Waals surface area (Å²) >= 11 is 0.